The summed E-state index contributed by atoms with van der Waals surface area (Å²) in [5, 5.41) is 7.58. The Labute approximate surface area is 244 Å². The van der Waals surface area contributed by atoms with Gasteiger partial charge in [0.05, 0.1) is 23.9 Å². The van der Waals surface area contributed by atoms with Crippen molar-refractivity contribution in [1.29, 1.82) is 0 Å². The highest BCUT2D eigenvalue weighted by Gasteiger charge is 2.56. The molecule has 12 heteroatoms. The number of hydrogen-bond acceptors (Lipinski definition) is 6. The molecule has 1 aliphatic carbocycles. The van der Waals surface area contributed by atoms with Crippen molar-refractivity contribution in [3.63, 3.8) is 0 Å². The zero-order chi connectivity index (χ0) is 29.7. The molecule has 0 spiro atoms. The lowest BCUT2D eigenvalue weighted by Gasteiger charge is -2.27. The Bertz CT molecular complexity index is 1790. The van der Waals surface area contributed by atoms with Crippen molar-refractivity contribution >= 4 is 51.9 Å². The number of halogens is 2. The molecule has 1 aromatic heterocycles. The van der Waals surface area contributed by atoms with E-state index in [-0.39, 0.29) is 46.9 Å². The second-order valence-electron chi connectivity index (χ2n) is 10.3. The normalized spacial score (nSPS) is 18.9. The van der Waals surface area contributed by atoms with Gasteiger partial charge in [-0.15, -0.1) is 0 Å². The molecule has 3 aromatic carbocycles. The Hall–Kier alpha value is -4.77. The summed E-state index contributed by atoms with van der Waals surface area (Å²) in [6, 6.07) is 15.0. The van der Waals surface area contributed by atoms with E-state index in [4.69, 9.17) is 22.1 Å². The van der Waals surface area contributed by atoms with Crippen molar-refractivity contribution < 1.29 is 28.3 Å². The van der Waals surface area contributed by atoms with Gasteiger partial charge in [0.1, 0.15) is 12.6 Å². The first-order valence-corrected chi connectivity index (χ1v) is 13.6. The number of hydrogen-bond donors (Lipinski definition) is 2. The predicted octanol–water partition coefficient (Wildman–Crippen LogP) is 4.01. The molecule has 0 bridgehead atoms. The topological polar surface area (TPSA) is 137 Å². The maximum atomic E-state index is 15.5. The first-order chi connectivity index (χ1) is 20.2. The number of amides is 3. The highest BCUT2D eigenvalue weighted by Crippen LogP contribution is 2.48. The average molecular weight is 590 g/mol. The fourth-order valence-electron chi connectivity index (χ4n) is 5.72. The molecule has 2 aliphatic rings. The van der Waals surface area contributed by atoms with Crippen LogP contribution in [0.25, 0.3) is 22.0 Å². The van der Waals surface area contributed by atoms with Crippen LogP contribution in [0.15, 0.2) is 60.7 Å². The van der Waals surface area contributed by atoms with Crippen molar-refractivity contribution in [2.75, 3.05) is 12.4 Å². The van der Waals surface area contributed by atoms with Gasteiger partial charge in [-0.2, -0.15) is 5.10 Å². The van der Waals surface area contributed by atoms with Crippen LogP contribution >= 0.6 is 11.6 Å². The van der Waals surface area contributed by atoms with Gasteiger partial charge in [0.2, 0.25) is 11.8 Å². The molecule has 1 aliphatic heterocycles. The van der Waals surface area contributed by atoms with Crippen LogP contribution in [0.4, 0.5) is 10.1 Å². The first-order valence-electron chi connectivity index (χ1n) is 13.2. The summed E-state index contributed by atoms with van der Waals surface area (Å²) < 4.78 is 21.6. The summed E-state index contributed by atoms with van der Waals surface area (Å²) in [5.41, 5.74) is 6.75. The average Bonchev–Trinajstić information content (AvgIpc) is 3.48. The summed E-state index contributed by atoms with van der Waals surface area (Å²) in [7, 11) is 1.24. The summed E-state index contributed by atoms with van der Waals surface area (Å²) >= 11 is 6.27. The third-order valence-corrected chi connectivity index (χ3v) is 8.14. The summed E-state index contributed by atoms with van der Waals surface area (Å²) in [6.45, 7) is -0.273. The van der Waals surface area contributed by atoms with Crippen LogP contribution < -0.4 is 11.1 Å². The minimum atomic E-state index is -0.824. The fourth-order valence-corrected chi connectivity index (χ4v) is 5.96. The van der Waals surface area contributed by atoms with Gasteiger partial charge < -0.3 is 20.7 Å². The molecule has 1 unspecified atom stereocenters. The number of primary amides is 1. The number of benzene rings is 3. The van der Waals surface area contributed by atoms with Crippen LogP contribution in [-0.2, 0) is 20.9 Å². The third-order valence-electron chi connectivity index (χ3n) is 7.81. The quantitative estimate of drug-likeness (QED) is 0.313. The molecule has 3 N–H and O–H groups in total. The van der Waals surface area contributed by atoms with E-state index >= 15 is 4.39 Å². The highest BCUT2D eigenvalue weighted by molar-refractivity contribution is 6.33. The van der Waals surface area contributed by atoms with Gasteiger partial charge in [-0.1, -0.05) is 41.9 Å². The first kappa shape index (κ1) is 27.4. The molecular weight excluding hydrogens is 565 g/mol. The van der Waals surface area contributed by atoms with E-state index in [0.717, 1.165) is 6.42 Å². The van der Waals surface area contributed by atoms with Crippen LogP contribution in [0.2, 0.25) is 5.02 Å². The smallest absolute Gasteiger partial charge is 0.337 e. The minimum Gasteiger partial charge on any atom is -0.465 e. The van der Waals surface area contributed by atoms with Crippen molar-refractivity contribution in [3.05, 3.63) is 82.8 Å². The number of carbonyl (C=O) groups is 4. The molecule has 0 radical (unpaired) electrons. The molecule has 2 heterocycles. The number of nitrogens with one attached hydrogen (secondary N) is 1. The molecule has 4 aromatic rings. The molecule has 214 valence electrons. The zero-order valence-corrected chi connectivity index (χ0v) is 23.1. The Morgan fingerprint density at radius 1 is 1.07 bits per heavy atom. The SMILES string of the molecule is COC(=O)c1ccc2c(c1)c(C(N)=O)nn2CC(=O)N1C2C[C@@H]2C[C@H]1C(=O)Nc1cccc(-c2ccccc2Cl)c1F. The van der Waals surface area contributed by atoms with Crippen LogP contribution in [0.1, 0.15) is 33.7 Å². The number of fused-ring (bicyclic) bond motifs is 2. The van der Waals surface area contributed by atoms with E-state index in [9.17, 15) is 19.2 Å². The number of nitrogens with zero attached hydrogens (tertiary/aromatic N) is 3. The lowest BCUT2D eigenvalue weighted by Crippen LogP contribution is -2.46. The van der Waals surface area contributed by atoms with E-state index in [1.54, 1.807) is 42.5 Å². The number of likely N-dealkylation sites (tertiary alicyclic amines) is 1. The number of methoxy groups -OCH3 is 1. The molecule has 42 heavy (non-hydrogen) atoms. The van der Waals surface area contributed by atoms with Gasteiger partial charge in [-0.3, -0.25) is 19.1 Å². The van der Waals surface area contributed by atoms with Gasteiger partial charge in [-0.05, 0) is 49.1 Å². The lowest BCUT2D eigenvalue weighted by molar-refractivity contribution is -0.138. The molecule has 1 saturated heterocycles. The molecule has 6 rings (SSSR count). The van der Waals surface area contributed by atoms with E-state index in [2.05, 4.69) is 10.4 Å². The van der Waals surface area contributed by atoms with Gasteiger partial charge in [0, 0.05) is 27.6 Å². The Morgan fingerprint density at radius 2 is 1.83 bits per heavy atom. The Balaban J connectivity index is 1.25. The van der Waals surface area contributed by atoms with E-state index < -0.39 is 29.6 Å². The standard InChI is InChI=1S/C30H25ClFN5O5/c1-42-30(41)15-9-10-22-19(11-15)27(28(33)39)35-36(22)14-25(38)37-23-12-16(23)13-24(37)29(40)34-21-8-4-6-18(26(21)32)17-5-2-3-7-20(17)31/h2-11,16,23-24H,12-14H2,1H3,(H2,33,39)(H,34,40)/t16-,23?,24+/m1/s1. The van der Waals surface area contributed by atoms with E-state index in [0.29, 0.717) is 27.9 Å². The second-order valence-corrected chi connectivity index (χ2v) is 10.8. The summed E-state index contributed by atoms with van der Waals surface area (Å²) in [6.07, 6.45) is 1.21. The third kappa shape index (κ3) is 4.75. The molecular formula is C30H25ClFN5O5. The predicted molar refractivity (Wildman–Crippen MR) is 152 cm³/mol. The lowest BCUT2D eigenvalue weighted by atomic mass is 10.0. The second kappa shape index (κ2) is 10.6. The maximum absolute atomic E-state index is 15.5. The highest BCUT2D eigenvalue weighted by atomic mass is 35.5. The largest absolute Gasteiger partial charge is 0.465 e. The number of anilines is 1. The van der Waals surface area contributed by atoms with Gasteiger partial charge >= 0.3 is 5.97 Å². The monoisotopic (exact) mass is 589 g/mol. The molecule has 3 amide bonds. The van der Waals surface area contributed by atoms with E-state index in [1.165, 1.54) is 34.9 Å². The summed E-state index contributed by atoms with van der Waals surface area (Å²) in [5.74, 6) is -2.78. The van der Waals surface area contributed by atoms with Crippen LogP contribution in [0.3, 0.4) is 0 Å². The number of piperidine rings is 1. The van der Waals surface area contributed by atoms with Gasteiger partial charge in [0.15, 0.2) is 11.5 Å². The number of esters is 1. The number of nitrogens with two attached hydrogens (primary N) is 1. The van der Waals surface area contributed by atoms with Gasteiger partial charge in [0.25, 0.3) is 5.91 Å². The number of carbonyl (C=O) groups excluding carboxylic acids is 4. The minimum absolute atomic E-state index is 0.0176. The van der Waals surface area contributed by atoms with Crippen molar-refractivity contribution in [2.45, 2.75) is 31.5 Å². The van der Waals surface area contributed by atoms with Crippen LogP contribution in [-0.4, -0.2) is 57.6 Å². The molecule has 1 saturated carbocycles. The summed E-state index contributed by atoms with van der Waals surface area (Å²) in [4.78, 5) is 52.7. The Morgan fingerprint density at radius 3 is 2.57 bits per heavy atom. The van der Waals surface area contributed by atoms with Crippen molar-refractivity contribution in [1.82, 2.24) is 14.7 Å². The van der Waals surface area contributed by atoms with Crippen molar-refractivity contribution in [2.24, 2.45) is 11.7 Å². The fraction of sp³-hybridized carbons (Fsp3) is 0.233. The number of ether oxygens (including phenoxy) is 1. The molecule has 10 nitrogen and oxygen atoms in total. The molecule has 3 atom stereocenters. The van der Waals surface area contributed by atoms with Crippen LogP contribution in [0.5, 0.6) is 0 Å². The van der Waals surface area contributed by atoms with Gasteiger partial charge in [-0.25, -0.2) is 9.18 Å². The zero-order valence-electron chi connectivity index (χ0n) is 22.3. The van der Waals surface area contributed by atoms with Crippen molar-refractivity contribution in [3.8, 4) is 11.1 Å². The number of aromatic nitrogens is 2. The number of rotatable bonds is 7. The maximum Gasteiger partial charge on any atom is 0.337 e. The van der Waals surface area contributed by atoms with Crippen LogP contribution in [0, 0.1) is 11.7 Å². The van der Waals surface area contributed by atoms with E-state index in [1.807, 2.05) is 0 Å². The Kier molecular flexibility index (Phi) is 6.90. The molecule has 2 fully saturated rings.